The number of aromatic nitrogens is 3. The molecule has 0 fully saturated rings. The molecule has 0 unspecified atom stereocenters. The minimum Gasteiger partial charge on any atom is -0.364 e. The molecular formula is C23H17ClFN5. The van der Waals surface area contributed by atoms with Crippen LogP contribution in [0, 0.1) is 24.1 Å². The number of nitrogens with one attached hydrogen (secondary N) is 2. The molecule has 4 aromatic rings. The second-order valence-electron chi connectivity index (χ2n) is 6.83. The zero-order chi connectivity index (χ0) is 21.1. The molecule has 0 saturated heterocycles. The Morgan fingerprint density at radius 3 is 2.73 bits per heavy atom. The number of nitriles is 1. The van der Waals surface area contributed by atoms with E-state index in [2.05, 4.69) is 26.6 Å². The molecule has 2 aromatic carbocycles. The van der Waals surface area contributed by atoms with Crippen LogP contribution in [0.15, 0.2) is 60.8 Å². The summed E-state index contributed by atoms with van der Waals surface area (Å²) in [6.07, 6.45) is 1.74. The Kier molecular flexibility index (Phi) is 5.46. The van der Waals surface area contributed by atoms with Gasteiger partial charge in [0, 0.05) is 11.8 Å². The minimum atomic E-state index is -0.457. The van der Waals surface area contributed by atoms with Crippen molar-refractivity contribution in [2.45, 2.75) is 13.5 Å². The van der Waals surface area contributed by atoms with E-state index >= 15 is 0 Å². The van der Waals surface area contributed by atoms with Gasteiger partial charge in [0.15, 0.2) is 0 Å². The average Bonchev–Trinajstić information content (AvgIpc) is 3.23. The van der Waals surface area contributed by atoms with E-state index < -0.39 is 5.82 Å². The van der Waals surface area contributed by atoms with Crippen LogP contribution < -0.4 is 5.32 Å². The molecule has 2 N–H and O–H groups in total. The Morgan fingerprint density at radius 1 is 1.10 bits per heavy atom. The number of anilines is 1. The van der Waals surface area contributed by atoms with E-state index in [0.29, 0.717) is 17.8 Å². The maximum absolute atomic E-state index is 13.4. The van der Waals surface area contributed by atoms with Crippen molar-refractivity contribution in [3.63, 3.8) is 0 Å². The summed E-state index contributed by atoms with van der Waals surface area (Å²) in [7, 11) is 0. The lowest BCUT2D eigenvalue weighted by Crippen LogP contribution is -2.01. The zero-order valence-electron chi connectivity index (χ0n) is 16.1. The summed E-state index contributed by atoms with van der Waals surface area (Å²) in [6, 6.07) is 18.1. The fraction of sp³-hybridized carbons (Fsp3) is 0.0870. The van der Waals surface area contributed by atoms with Gasteiger partial charge in [0.1, 0.15) is 11.6 Å². The molecule has 5 nitrogen and oxygen atoms in total. The lowest BCUT2D eigenvalue weighted by molar-refractivity contribution is 0.628. The smallest absolute Gasteiger partial charge is 0.141 e. The van der Waals surface area contributed by atoms with Crippen LogP contribution in [0.4, 0.5) is 10.2 Å². The molecule has 0 aliphatic rings. The minimum absolute atomic E-state index is 0.0642. The number of pyridine rings is 1. The SMILES string of the molecule is Cc1cc(C#N)ccc1-c1ccnc(NCc2cc(-c3ccc(F)c(Cl)c3)n[nH]2)c1. The lowest BCUT2D eigenvalue weighted by atomic mass is 9.99. The molecule has 0 atom stereocenters. The summed E-state index contributed by atoms with van der Waals surface area (Å²) in [5.41, 5.74) is 6.01. The molecular weight excluding hydrogens is 401 g/mol. The number of aryl methyl sites for hydroxylation is 1. The van der Waals surface area contributed by atoms with Crippen molar-refractivity contribution < 1.29 is 4.39 Å². The fourth-order valence-corrected chi connectivity index (χ4v) is 3.37. The van der Waals surface area contributed by atoms with E-state index in [4.69, 9.17) is 16.9 Å². The molecule has 2 heterocycles. The van der Waals surface area contributed by atoms with Crippen LogP contribution in [0.1, 0.15) is 16.8 Å². The van der Waals surface area contributed by atoms with Crippen LogP contribution in [-0.2, 0) is 6.54 Å². The highest BCUT2D eigenvalue weighted by Crippen LogP contribution is 2.26. The topological polar surface area (TPSA) is 77.4 Å². The first-order chi connectivity index (χ1) is 14.5. The van der Waals surface area contributed by atoms with Crippen LogP contribution in [0.2, 0.25) is 5.02 Å². The molecule has 2 aromatic heterocycles. The van der Waals surface area contributed by atoms with Crippen LogP contribution in [0.5, 0.6) is 0 Å². The number of hydrogen-bond acceptors (Lipinski definition) is 4. The highest BCUT2D eigenvalue weighted by atomic mass is 35.5. The van der Waals surface area contributed by atoms with Gasteiger partial charge in [-0.15, -0.1) is 0 Å². The van der Waals surface area contributed by atoms with Crippen molar-refractivity contribution >= 4 is 17.4 Å². The number of H-pyrrole nitrogens is 1. The molecule has 30 heavy (non-hydrogen) atoms. The summed E-state index contributed by atoms with van der Waals surface area (Å²) in [5, 5.41) is 19.6. The maximum atomic E-state index is 13.4. The number of rotatable bonds is 5. The molecule has 0 aliphatic heterocycles. The van der Waals surface area contributed by atoms with Gasteiger partial charge in [-0.2, -0.15) is 10.4 Å². The summed E-state index contributed by atoms with van der Waals surface area (Å²) in [5.74, 6) is 0.263. The molecule has 4 rings (SSSR count). The predicted molar refractivity (Wildman–Crippen MR) is 115 cm³/mol. The highest BCUT2D eigenvalue weighted by Gasteiger charge is 2.08. The second kappa shape index (κ2) is 8.36. The third-order valence-corrected chi connectivity index (χ3v) is 5.02. The van der Waals surface area contributed by atoms with E-state index in [1.165, 1.54) is 6.07 Å². The Bertz CT molecular complexity index is 1260. The second-order valence-corrected chi connectivity index (χ2v) is 7.24. The molecule has 0 spiro atoms. The molecule has 7 heteroatoms. The van der Waals surface area contributed by atoms with Crippen LogP contribution in [-0.4, -0.2) is 15.2 Å². The number of halogens is 2. The van der Waals surface area contributed by atoms with E-state index in [-0.39, 0.29) is 5.02 Å². The Labute approximate surface area is 178 Å². The van der Waals surface area contributed by atoms with Gasteiger partial charge in [-0.25, -0.2) is 9.37 Å². The molecule has 0 amide bonds. The van der Waals surface area contributed by atoms with Gasteiger partial charge in [-0.3, -0.25) is 5.10 Å². The molecule has 0 radical (unpaired) electrons. The van der Waals surface area contributed by atoms with Crippen molar-refractivity contribution in [2.75, 3.05) is 5.32 Å². The van der Waals surface area contributed by atoms with Crippen molar-refractivity contribution in [3.05, 3.63) is 88.5 Å². The van der Waals surface area contributed by atoms with Crippen molar-refractivity contribution in [3.8, 4) is 28.5 Å². The van der Waals surface area contributed by atoms with Gasteiger partial charge in [-0.05, 0) is 72.1 Å². The number of benzene rings is 2. The van der Waals surface area contributed by atoms with Gasteiger partial charge in [-0.1, -0.05) is 17.7 Å². The third-order valence-electron chi connectivity index (χ3n) is 4.73. The zero-order valence-corrected chi connectivity index (χ0v) is 16.8. The normalized spacial score (nSPS) is 10.6. The van der Waals surface area contributed by atoms with Crippen molar-refractivity contribution in [1.29, 1.82) is 5.26 Å². The first kappa shape index (κ1) is 19.6. The standard InChI is InChI=1S/C23H17ClFN5/c1-14-8-15(12-26)2-4-19(14)16-6-7-27-23(10-16)28-13-18-11-22(30-29-18)17-3-5-21(25)20(24)9-17/h2-11H,13H2,1H3,(H,27,28)(H,29,30). The van der Waals surface area contributed by atoms with Crippen LogP contribution in [0.25, 0.3) is 22.4 Å². The molecule has 0 saturated carbocycles. The summed E-state index contributed by atoms with van der Waals surface area (Å²) >= 11 is 5.86. The van der Waals surface area contributed by atoms with E-state index in [0.717, 1.165) is 33.8 Å². The van der Waals surface area contributed by atoms with Crippen LogP contribution in [0.3, 0.4) is 0 Å². The van der Waals surface area contributed by atoms with E-state index in [1.807, 2.05) is 43.3 Å². The van der Waals surface area contributed by atoms with Gasteiger partial charge in [0.2, 0.25) is 0 Å². The Hall–Kier alpha value is -3.69. The monoisotopic (exact) mass is 417 g/mol. The third kappa shape index (κ3) is 4.17. The average molecular weight is 418 g/mol. The number of aromatic amines is 1. The lowest BCUT2D eigenvalue weighted by Gasteiger charge is -2.09. The van der Waals surface area contributed by atoms with E-state index in [1.54, 1.807) is 18.3 Å². The maximum Gasteiger partial charge on any atom is 0.141 e. The Balaban J connectivity index is 1.49. The van der Waals surface area contributed by atoms with Crippen molar-refractivity contribution in [2.24, 2.45) is 0 Å². The summed E-state index contributed by atoms with van der Waals surface area (Å²) < 4.78 is 13.4. The highest BCUT2D eigenvalue weighted by molar-refractivity contribution is 6.31. The fourth-order valence-electron chi connectivity index (χ4n) is 3.19. The Morgan fingerprint density at radius 2 is 1.97 bits per heavy atom. The first-order valence-electron chi connectivity index (χ1n) is 9.24. The van der Waals surface area contributed by atoms with Crippen molar-refractivity contribution in [1.82, 2.24) is 15.2 Å². The summed E-state index contributed by atoms with van der Waals surface area (Å²) in [6.45, 7) is 2.47. The molecule has 0 bridgehead atoms. The van der Waals surface area contributed by atoms with Gasteiger partial charge < -0.3 is 5.32 Å². The summed E-state index contributed by atoms with van der Waals surface area (Å²) in [4.78, 5) is 4.37. The van der Waals surface area contributed by atoms with Gasteiger partial charge >= 0.3 is 0 Å². The first-order valence-corrected chi connectivity index (χ1v) is 9.62. The number of hydrogen-bond donors (Lipinski definition) is 2. The van der Waals surface area contributed by atoms with Gasteiger partial charge in [0.25, 0.3) is 0 Å². The van der Waals surface area contributed by atoms with E-state index in [9.17, 15) is 4.39 Å². The quantitative estimate of drug-likeness (QED) is 0.435. The van der Waals surface area contributed by atoms with Gasteiger partial charge in [0.05, 0.1) is 34.6 Å². The predicted octanol–water partition coefficient (Wildman–Crippen LogP) is 5.72. The molecule has 0 aliphatic carbocycles. The number of nitrogens with zero attached hydrogens (tertiary/aromatic N) is 3. The largest absolute Gasteiger partial charge is 0.364 e. The van der Waals surface area contributed by atoms with Crippen LogP contribution >= 0.6 is 11.6 Å². The molecule has 148 valence electrons.